The van der Waals surface area contributed by atoms with E-state index in [4.69, 9.17) is 14.6 Å². The molecule has 0 amide bonds. The van der Waals surface area contributed by atoms with Gasteiger partial charge in [-0.2, -0.15) is 0 Å². The molecule has 6 nitrogen and oxygen atoms in total. The van der Waals surface area contributed by atoms with E-state index >= 15 is 0 Å². The number of aromatic nitrogens is 2. The molecular weight excluding hydrogens is 418 g/mol. The van der Waals surface area contributed by atoms with Crippen molar-refractivity contribution in [1.29, 1.82) is 0 Å². The Morgan fingerprint density at radius 3 is 2.53 bits per heavy atom. The Labute approximate surface area is 182 Å². The zero-order valence-electron chi connectivity index (χ0n) is 17.4. The summed E-state index contributed by atoms with van der Waals surface area (Å²) in [4.78, 5) is 12.5. The number of benzene rings is 3. The molecule has 0 aliphatic rings. The summed E-state index contributed by atoms with van der Waals surface area (Å²) in [5, 5.41) is 12.7. The number of H-pyrrole nitrogens is 1. The largest absolute Gasteiger partial charge is 0.496 e. The minimum atomic E-state index is -0.969. The third-order valence-corrected chi connectivity index (χ3v) is 5.21. The van der Waals surface area contributed by atoms with Crippen LogP contribution in [-0.2, 0) is 13.2 Å². The third kappa shape index (κ3) is 4.22. The van der Waals surface area contributed by atoms with Gasteiger partial charge in [0.1, 0.15) is 18.1 Å². The Hall–Kier alpha value is -3.65. The minimum absolute atomic E-state index is 0.00417. The predicted octanol–water partition coefficient (Wildman–Crippen LogP) is 4.24. The highest BCUT2D eigenvalue weighted by atomic mass is 19.2. The third-order valence-electron chi connectivity index (χ3n) is 5.21. The van der Waals surface area contributed by atoms with E-state index in [-0.39, 0.29) is 24.5 Å². The zero-order chi connectivity index (χ0) is 22.7. The van der Waals surface area contributed by atoms with Crippen LogP contribution in [0.4, 0.5) is 8.78 Å². The molecule has 8 heteroatoms. The van der Waals surface area contributed by atoms with E-state index in [0.29, 0.717) is 40.7 Å². The highest BCUT2D eigenvalue weighted by Gasteiger charge is 2.13. The first-order chi connectivity index (χ1) is 15.5. The maximum absolute atomic E-state index is 13.7. The van der Waals surface area contributed by atoms with Crippen molar-refractivity contribution >= 4 is 10.9 Å². The van der Waals surface area contributed by atoms with Gasteiger partial charge in [0.2, 0.25) is 0 Å². The van der Waals surface area contributed by atoms with Crippen LogP contribution in [0.1, 0.15) is 12.0 Å². The Morgan fingerprint density at radius 1 is 1.06 bits per heavy atom. The molecule has 1 aromatic heterocycles. The van der Waals surface area contributed by atoms with E-state index in [1.807, 2.05) is 6.07 Å². The average Bonchev–Trinajstić information content (AvgIpc) is 3.14. The quantitative estimate of drug-likeness (QED) is 0.430. The lowest BCUT2D eigenvalue weighted by Gasteiger charge is -2.11. The maximum atomic E-state index is 13.7. The zero-order valence-corrected chi connectivity index (χ0v) is 17.4. The molecule has 32 heavy (non-hydrogen) atoms. The van der Waals surface area contributed by atoms with Gasteiger partial charge >= 0.3 is 0 Å². The normalized spacial score (nSPS) is 11.1. The fraction of sp³-hybridized carbons (Fsp3) is 0.208. The van der Waals surface area contributed by atoms with Gasteiger partial charge in [0.15, 0.2) is 11.6 Å². The van der Waals surface area contributed by atoms with Gasteiger partial charge in [0.05, 0.1) is 18.0 Å². The molecule has 0 radical (unpaired) electrons. The van der Waals surface area contributed by atoms with Crippen molar-refractivity contribution in [2.75, 3.05) is 13.7 Å². The van der Waals surface area contributed by atoms with Crippen molar-refractivity contribution in [2.24, 2.45) is 0 Å². The molecule has 0 aliphatic heterocycles. The summed E-state index contributed by atoms with van der Waals surface area (Å²) in [5.41, 5.74) is 2.46. The second-order valence-corrected chi connectivity index (χ2v) is 7.27. The molecule has 4 rings (SSSR count). The number of hydrogen-bond donors (Lipinski definition) is 2. The molecule has 1 heterocycles. The second-order valence-electron chi connectivity index (χ2n) is 7.27. The van der Waals surface area contributed by atoms with Crippen molar-refractivity contribution in [2.45, 2.75) is 19.6 Å². The highest BCUT2D eigenvalue weighted by Crippen LogP contribution is 2.33. The van der Waals surface area contributed by atoms with Crippen molar-refractivity contribution in [3.63, 3.8) is 0 Å². The molecule has 0 spiro atoms. The number of halogens is 2. The van der Waals surface area contributed by atoms with Crippen LogP contribution in [0.15, 0.2) is 59.4 Å². The molecule has 0 aliphatic carbocycles. The first-order valence-electron chi connectivity index (χ1n) is 10.1. The van der Waals surface area contributed by atoms with Gasteiger partial charge in [-0.3, -0.25) is 14.6 Å². The topological polar surface area (TPSA) is 76.5 Å². The number of para-hydroxylation sites is 1. The second kappa shape index (κ2) is 9.23. The first-order valence-corrected chi connectivity index (χ1v) is 10.1. The number of rotatable bonds is 8. The Morgan fingerprint density at radius 2 is 1.81 bits per heavy atom. The molecule has 4 aromatic rings. The van der Waals surface area contributed by atoms with Gasteiger partial charge < -0.3 is 14.6 Å². The summed E-state index contributed by atoms with van der Waals surface area (Å²) in [6.07, 6.45) is 0.480. The van der Waals surface area contributed by atoms with E-state index < -0.39 is 11.6 Å². The number of methoxy groups -OCH3 is 1. The summed E-state index contributed by atoms with van der Waals surface area (Å²) in [6, 6.07) is 14.5. The SMILES string of the molecule is COc1cc(F)c(F)cc1-c1ccc(OCc2cccc3c(=O)n(CCCO)[nH]c23)cc1. The predicted molar refractivity (Wildman–Crippen MR) is 117 cm³/mol. The number of aliphatic hydroxyl groups excluding tert-OH is 1. The Balaban J connectivity index is 1.54. The van der Waals surface area contributed by atoms with Gasteiger partial charge in [0, 0.05) is 30.3 Å². The number of aryl methyl sites for hydroxylation is 1. The van der Waals surface area contributed by atoms with Crippen LogP contribution < -0.4 is 15.0 Å². The average molecular weight is 440 g/mol. The van der Waals surface area contributed by atoms with Crippen molar-refractivity contribution in [1.82, 2.24) is 9.78 Å². The number of aromatic amines is 1. The van der Waals surface area contributed by atoms with Crippen LogP contribution in [0.25, 0.3) is 22.0 Å². The monoisotopic (exact) mass is 440 g/mol. The lowest BCUT2D eigenvalue weighted by atomic mass is 10.0. The number of nitrogens with zero attached hydrogens (tertiary/aromatic N) is 1. The van der Waals surface area contributed by atoms with Crippen molar-refractivity contribution in [3.05, 3.63) is 82.1 Å². The van der Waals surface area contributed by atoms with Crippen LogP contribution in [-0.4, -0.2) is 28.6 Å². The molecule has 0 unspecified atom stereocenters. The van der Waals surface area contributed by atoms with E-state index in [1.165, 1.54) is 11.8 Å². The summed E-state index contributed by atoms with van der Waals surface area (Å²) >= 11 is 0. The molecule has 166 valence electrons. The highest BCUT2D eigenvalue weighted by molar-refractivity contribution is 5.81. The Bertz CT molecular complexity index is 1300. The fourth-order valence-electron chi connectivity index (χ4n) is 3.56. The Kier molecular flexibility index (Phi) is 6.23. The molecule has 0 bridgehead atoms. The van der Waals surface area contributed by atoms with Gasteiger partial charge in [0.25, 0.3) is 5.56 Å². The van der Waals surface area contributed by atoms with Crippen LogP contribution in [0.2, 0.25) is 0 Å². The van der Waals surface area contributed by atoms with Crippen LogP contribution in [0.3, 0.4) is 0 Å². The van der Waals surface area contributed by atoms with E-state index in [1.54, 1.807) is 36.4 Å². The van der Waals surface area contributed by atoms with Crippen LogP contribution >= 0.6 is 0 Å². The molecule has 3 aromatic carbocycles. The summed E-state index contributed by atoms with van der Waals surface area (Å²) in [5.74, 6) is -1.11. The maximum Gasteiger partial charge on any atom is 0.274 e. The lowest BCUT2D eigenvalue weighted by molar-refractivity contribution is 0.276. The minimum Gasteiger partial charge on any atom is -0.496 e. The number of hydrogen-bond acceptors (Lipinski definition) is 4. The smallest absolute Gasteiger partial charge is 0.274 e. The van der Waals surface area contributed by atoms with E-state index in [0.717, 1.165) is 17.7 Å². The number of ether oxygens (including phenoxy) is 2. The molecule has 2 N–H and O–H groups in total. The molecular formula is C24H22F2N2O4. The lowest BCUT2D eigenvalue weighted by Crippen LogP contribution is -2.17. The molecule has 0 saturated heterocycles. The van der Waals surface area contributed by atoms with Gasteiger partial charge in [-0.15, -0.1) is 0 Å². The summed E-state index contributed by atoms with van der Waals surface area (Å²) in [6.45, 7) is 0.633. The van der Waals surface area contributed by atoms with E-state index in [2.05, 4.69) is 5.10 Å². The molecule has 0 fully saturated rings. The van der Waals surface area contributed by atoms with E-state index in [9.17, 15) is 13.6 Å². The molecule has 0 saturated carbocycles. The van der Waals surface area contributed by atoms with Crippen molar-refractivity contribution in [3.8, 4) is 22.6 Å². The van der Waals surface area contributed by atoms with Gasteiger partial charge in [-0.25, -0.2) is 8.78 Å². The standard InChI is InChI=1S/C24H22F2N2O4/c1-31-22-13-21(26)20(25)12-19(22)15-6-8-17(9-7-15)32-14-16-4-2-5-18-23(16)27-28(24(18)30)10-3-11-29/h2,4-9,12-13,27,29H,3,10-11,14H2,1H3. The fourth-order valence-corrected chi connectivity index (χ4v) is 3.56. The van der Waals surface area contributed by atoms with Gasteiger partial charge in [-0.1, -0.05) is 24.3 Å². The van der Waals surface area contributed by atoms with Gasteiger partial charge in [-0.05, 0) is 36.2 Å². The van der Waals surface area contributed by atoms with Crippen LogP contribution in [0.5, 0.6) is 11.5 Å². The summed E-state index contributed by atoms with van der Waals surface area (Å²) in [7, 11) is 1.40. The van der Waals surface area contributed by atoms with Crippen LogP contribution in [0, 0.1) is 11.6 Å². The number of fused-ring (bicyclic) bond motifs is 1. The number of aliphatic hydroxyl groups is 1. The number of nitrogens with one attached hydrogen (secondary N) is 1. The first kappa shape index (κ1) is 21.6. The molecule has 0 atom stereocenters. The van der Waals surface area contributed by atoms with Crippen molar-refractivity contribution < 1.29 is 23.4 Å². The summed E-state index contributed by atoms with van der Waals surface area (Å²) < 4.78 is 39.7.